The maximum absolute atomic E-state index is 11.8. The molecular weight excluding hydrogens is 280 g/mol. The van der Waals surface area contributed by atoms with Gasteiger partial charge in [0.25, 0.3) is 0 Å². The molecule has 0 saturated heterocycles. The molecule has 0 aliphatic heterocycles. The van der Waals surface area contributed by atoms with Crippen molar-refractivity contribution in [2.45, 2.75) is 26.1 Å². The van der Waals surface area contributed by atoms with Crippen LogP contribution < -0.4 is 5.32 Å². The number of nitrogens with zero attached hydrogens (tertiary/aromatic N) is 1. The average Bonchev–Trinajstić information content (AvgIpc) is 2.45. The van der Waals surface area contributed by atoms with Crippen LogP contribution >= 0.6 is 11.8 Å². The summed E-state index contributed by atoms with van der Waals surface area (Å²) in [5.74, 6) is 1.42. The van der Waals surface area contributed by atoms with Gasteiger partial charge in [0, 0.05) is 24.7 Å². The number of carbonyl (C=O) groups is 1. The summed E-state index contributed by atoms with van der Waals surface area (Å²) in [5, 5.41) is 2.92. The summed E-state index contributed by atoms with van der Waals surface area (Å²) in [4.78, 5) is 15.7. The Kier molecular flexibility index (Phi) is 5.81. The van der Waals surface area contributed by atoms with Crippen LogP contribution in [-0.4, -0.2) is 16.6 Å². The van der Waals surface area contributed by atoms with Gasteiger partial charge in [-0.15, -0.1) is 11.8 Å². The number of hydrogen-bond donors (Lipinski definition) is 1. The van der Waals surface area contributed by atoms with E-state index in [1.54, 1.807) is 24.2 Å². The number of hydrogen-bond acceptors (Lipinski definition) is 3. The van der Waals surface area contributed by atoms with Crippen molar-refractivity contribution in [1.29, 1.82) is 0 Å². The summed E-state index contributed by atoms with van der Waals surface area (Å²) in [6.07, 6.45) is 3.46. The number of carbonyl (C=O) groups excluding carboxylic acids is 1. The summed E-state index contributed by atoms with van der Waals surface area (Å²) in [5.41, 5.74) is 4.89. The number of amides is 1. The van der Waals surface area contributed by atoms with Crippen LogP contribution in [0.25, 0.3) is 0 Å². The third-order valence-corrected chi connectivity index (χ3v) is 4.03. The number of benzene rings is 1. The molecule has 1 N–H and O–H groups in total. The molecule has 1 amide bonds. The van der Waals surface area contributed by atoms with Crippen molar-refractivity contribution in [1.82, 2.24) is 10.3 Å². The van der Waals surface area contributed by atoms with Crippen LogP contribution in [0.5, 0.6) is 0 Å². The fraction of sp³-hybridized carbons (Fsp3) is 0.294. The fourth-order valence-corrected chi connectivity index (χ4v) is 2.96. The van der Waals surface area contributed by atoms with E-state index >= 15 is 0 Å². The summed E-state index contributed by atoms with van der Waals surface area (Å²) in [6, 6.07) is 10.3. The van der Waals surface area contributed by atoms with Crippen molar-refractivity contribution < 1.29 is 4.79 Å². The van der Waals surface area contributed by atoms with E-state index in [0.29, 0.717) is 12.3 Å². The highest BCUT2D eigenvalue weighted by Gasteiger charge is 2.03. The number of rotatable bonds is 6. The van der Waals surface area contributed by atoms with Crippen LogP contribution in [0.3, 0.4) is 0 Å². The van der Waals surface area contributed by atoms with Gasteiger partial charge in [-0.25, -0.2) is 0 Å². The molecule has 3 nitrogen and oxygen atoms in total. The standard InChI is InChI=1S/C17H20N2OS/c1-13-7-14(2)9-16(8-13)11-21-12-17(20)19-10-15-3-5-18-6-4-15/h3-9H,10-12H2,1-2H3,(H,19,20). The molecule has 2 aromatic rings. The zero-order valence-corrected chi connectivity index (χ0v) is 13.2. The Balaban J connectivity index is 1.72. The zero-order valence-electron chi connectivity index (χ0n) is 12.4. The van der Waals surface area contributed by atoms with Crippen molar-refractivity contribution >= 4 is 17.7 Å². The summed E-state index contributed by atoms with van der Waals surface area (Å²) in [7, 11) is 0. The van der Waals surface area contributed by atoms with Crippen LogP contribution in [0.15, 0.2) is 42.7 Å². The summed E-state index contributed by atoms with van der Waals surface area (Å²) >= 11 is 1.64. The van der Waals surface area contributed by atoms with E-state index in [1.165, 1.54) is 16.7 Å². The lowest BCUT2D eigenvalue weighted by Gasteiger charge is -2.06. The molecular formula is C17H20N2OS. The molecule has 1 aromatic carbocycles. The second-order valence-corrected chi connectivity index (χ2v) is 6.11. The van der Waals surface area contributed by atoms with Crippen LogP contribution in [0, 0.1) is 13.8 Å². The Bertz CT molecular complexity index is 579. The van der Waals surface area contributed by atoms with Gasteiger partial charge in [-0.3, -0.25) is 9.78 Å². The van der Waals surface area contributed by atoms with Gasteiger partial charge in [0.15, 0.2) is 0 Å². The van der Waals surface area contributed by atoms with Crippen molar-refractivity contribution in [3.8, 4) is 0 Å². The number of pyridine rings is 1. The predicted octanol–water partition coefficient (Wildman–Crippen LogP) is 3.25. The molecule has 0 bridgehead atoms. The number of thioether (sulfide) groups is 1. The van der Waals surface area contributed by atoms with Crippen LogP contribution in [0.2, 0.25) is 0 Å². The Morgan fingerprint density at radius 1 is 1.10 bits per heavy atom. The third-order valence-electron chi connectivity index (χ3n) is 3.02. The highest BCUT2D eigenvalue weighted by molar-refractivity contribution is 7.99. The van der Waals surface area contributed by atoms with E-state index < -0.39 is 0 Å². The largest absolute Gasteiger partial charge is 0.351 e. The van der Waals surface area contributed by atoms with E-state index in [2.05, 4.69) is 42.3 Å². The number of aromatic nitrogens is 1. The topological polar surface area (TPSA) is 42.0 Å². The molecule has 0 atom stereocenters. The predicted molar refractivity (Wildman–Crippen MR) is 88.2 cm³/mol. The average molecular weight is 300 g/mol. The zero-order chi connectivity index (χ0) is 15.1. The van der Waals surface area contributed by atoms with Crippen LogP contribution in [0.4, 0.5) is 0 Å². The molecule has 110 valence electrons. The molecule has 0 saturated carbocycles. The molecule has 21 heavy (non-hydrogen) atoms. The molecule has 0 radical (unpaired) electrons. The lowest BCUT2D eigenvalue weighted by Crippen LogP contribution is -2.24. The SMILES string of the molecule is Cc1cc(C)cc(CSCC(=O)NCc2ccncc2)c1. The van der Waals surface area contributed by atoms with Gasteiger partial charge in [0.05, 0.1) is 5.75 Å². The first-order chi connectivity index (χ1) is 10.1. The summed E-state index contributed by atoms with van der Waals surface area (Å²) < 4.78 is 0. The first-order valence-corrected chi connectivity index (χ1v) is 8.09. The van der Waals surface area contributed by atoms with E-state index in [1.807, 2.05) is 12.1 Å². The lowest BCUT2D eigenvalue weighted by molar-refractivity contribution is -0.118. The quantitative estimate of drug-likeness (QED) is 0.890. The number of nitrogens with one attached hydrogen (secondary N) is 1. The van der Waals surface area contributed by atoms with E-state index in [-0.39, 0.29) is 5.91 Å². The second kappa shape index (κ2) is 7.84. The highest BCUT2D eigenvalue weighted by atomic mass is 32.2. The fourth-order valence-electron chi connectivity index (χ4n) is 2.17. The van der Waals surface area contributed by atoms with Gasteiger partial charge in [-0.05, 0) is 37.1 Å². The van der Waals surface area contributed by atoms with Gasteiger partial charge in [-0.1, -0.05) is 29.3 Å². The van der Waals surface area contributed by atoms with Crippen molar-refractivity contribution in [3.05, 3.63) is 65.0 Å². The first-order valence-electron chi connectivity index (χ1n) is 6.94. The molecule has 0 unspecified atom stereocenters. The molecule has 1 heterocycles. The molecule has 0 spiro atoms. The van der Waals surface area contributed by atoms with Gasteiger partial charge in [-0.2, -0.15) is 0 Å². The van der Waals surface area contributed by atoms with Crippen molar-refractivity contribution in [3.63, 3.8) is 0 Å². The minimum atomic E-state index is 0.0705. The van der Waals surface area contributed by atoms with E-state index in [0.717, 1.165) is 11.3 Å². The lowest BCUT2D eigenvalue weighted by atomic mass is 10.1. The van der Waals surface area contributed by atoms with Gasteiger partial charge in [0.1, 0.15) is 0 Å². The second-order valence-electron chi connectivity index (χ2n) is 5.12. The van der Waals surface area contributed by atoms with Gasteiger partial charge >= 0.3 is 0 Å². The Labute approximate surface area is 130 Å². The van der Waals surface area contributed by atoms with Gasteiger partial charge < -0.3 is 5.32 Å². The maximum atomic E-state index is 11.8. The molecule has 0 aliphatic rings. The van der Waals surface area contributed by atoms with E-state index in [9.17, 15) is 4.79 Å². The molecule has 1 aromatic heterocycles. The van der Waals surface area contributed by atoms with Crippen LogP contribution in [0.1, 0.15) is 22.3 Å². The Morgan fingerprint density at radius 2 is 1.76 bits per heavy atom. The van der Waals surface area contributed by atoms with Crippen molar-refractivity contribution in [2.75, 3.05) is 5.75 Å². The molecule has 0 fully saturated rings. The maximum Gasteiger partial charge on any atom is 0.230 e. The molecule has 4 heteroatoms. The van der Waals surface area contributed by atoms with E-state index in [4.69, 9.17) is 0 Å². The summed E-state index contributed by atoms with van der Waals surface area (Å²) in [6.45, 7) is 4.76. The smallest absolute Gasteiger partial charge is 0.230 e. The minimum absolute atomic E-state index is 0.0705. The molecule has 2 rings (SSSR count). The monoisotopic (exact) mass is 300 g/mol. The normalized spacial score (nSPS) is 10.4. The molecule has 0 aliphatic carbocycles. The first kappa shape index (κ1) is 15.6. The van der Waals surface area contributed by atoms with Gasteiger partial charge in [0.2, 0.25) is 5.91 Å². The Hall–Kier alpha value is -1.81. The highest BCUT2D eigenvalue weighted by Crippen LogP contribution is 2.15. The minimum Gasteiger partial charge on any atom is -0.351 e. The van der Waals surface area contributed by atoms with Crippen molar-refractivity contribution in [2.24, 2.45) is 0 Å². The third kappa shape index (κ3) is 5.60. The Morgan fingerprint density at radius 3 is 2.43 bits per heavy atom. The number of aryl methyl sites for hydroxylation is 2. The van der Waals surface area contributed by atoms with Crippen LogP contribution in [-0.2, 0) is 17.1 Å².